The number of ether oxygens (including phenoxy) is 2. The molecule has 0 fully saturated rings. The van der Waals surface area contributed by atoms with Gasteiger partial charge in [0.15, 0.2) is 0 Å². The van der Waals surface area contributed by atoms with Gasteiger partial charge in [-0.05, 0) is 31.9 Å². The highest BCUT2D eigenvalue weighted by Gasteiger charge is 2.30. The molecule has 0 atom stereocenters. The molecule has 0 amide bonds. The maximum Gasteiger partial charge on any atom is 0.309 e. The number of halogens is 1. The van der Waals surface area contributed by atoms with Gasteiger partial charge in [-0.2, -0.15) is 0 Å². The fourth-order valence-electron chi connectivity index (χ4n) is 1.85. The molecule has 0 aliphatic carbocycles. The SMILES string of the molecule is COCc1cc(F)cc(OC)c1CC(C)(C)C(=O)O. The van der Waals surface area contributed by atoms with E-state index in [4.69, 9.17) is 9.47 Å². The number of rotatable bonds is 6. The molecule has 1 aromatic carbocycles. The molecule has 0 heterocycles. The Morgan fingerprint density at radius 1 is 1.37 bits per heavy atom. The second kappa shape index (κ2) is 6.02. The summed E-state index contributed by atoms with van der Waals surface area (Å²) in [5, 5.41) is 9.20. The van der Waals surface area contributed by atoms with E-state index in [1.807, 2.05) is 0 Å². The van der Waals surface area contributed by atoms with Crippen LogP contribution < -0.4 is 4.74 Å². The zero-order valence-corrected chi connectivity index (χ0v) is 11.6. The maximum atomic E-state index is 13.5. The van der Waals surface area contributed by atoms with E-state index in [1.54, 1.807) is 13.8 Å². The summed E-state index contributed by atoms with van der Waals surface area (Å²) in [7, 11) is 2.94. The van der Waals surface area contributed by atoms with E-state index in [9.17, 15) is 14.3 Å². The highest BCUT2D eigenvalue weighted by Crippen LogP contribution is 2.32. The van der Waals surface area contributed by atoms with E-state index < -0.39 is 17.2 Å². The van der Waals surface area contributed by atoms with Crippen LogP contribution in [0.1, 0.15) is 25.0 Å². The summed E-state index contributed by atoms with van der Waals surface area (Å²) in [5.41, 5.74) is 0.306. The van der Waals surface area contributed by atoms with E-state index in [0.717, 1.165) is 0 Å². The molecule has 1 N–H and O–H groups in total. The molecule has 0 aliphatic rings. The van der Waals surface area contributed by atoms with E-state index in [0.29, 0.717) is 16.9 Å². The third-order valence-electron chi connectivity index (χ3n) is 2.98. The Morgan fingerprint density at radius 3 is 2.47 bits per heavy atom. The van der Waals surface area contributed by atoms with Crippen molar-refractivity contribution >= 4 is 5.97 Å². The van der Waals surface area contributed by atoms with Crippen molar-refractivity contribution < 1.29 is 23.8 Å². The van der Waals surface area contributed by atoms with E-state index in [-0.39, 0.29) is 13.0 Å². The van der Waals surface area contributed by atoms with Crippen LogP contribution in [0.5, 0.6) is 5.75 Å². The van der Waals surface area contributed by atoms with Gasteiger partial charge in [0.25, 0.3) is 0 Å². The average molecular weight is 270 g/mol. The summed E-state index contributed by atoms with van der Waals surface area (Å²) in [6.07, 6.45) is 0.241. The summed E-state index contributed by atoms with van der Waals surface area (Å²) in [6.45, 7) is 3.45. The quantitative estimate of drug-likeness (QED) is 0.863. The zero-order valence-electron chi connectivity index (χ0n) is 11.6. The minimum atomic E-state index is -0.965. The van der Waals surface area contributed by atoms with E-state index >= 15 is 0 Å². The molecule has 0 aliphatic heterocycles. The minimum Gasteiger partial charge on any atom is -0.496 e. The Kier molecular flexibility index (Phi) is 4.89. The van der Waals surface area contributed by atoms with Crippen LogP contribution in [0.4, 0.5) is 4.39 Å². The Bertz CT molecular complexity index is 469. The number of carboxylic acids is 1. The topological polar surface area (TPSA) is 55.8 Å². The number of carboxylic acid groups (broad SMARTS) is 1. The van der Waals surface area contributed by atoms with E-state index in [1.165, 1.54) is 26.4 Å². The fraction of sp³-hybridized carbons (Fsp3) is 0.500. The van der Waals surface area contributed by atoms with Crippen LogP contribution in [0.15, 0.2) is 12.1 Å². The lowest BCUT2D eigenvalue weighted by Gasteiger charge is -2.22. The first-order valence-corrected chi connectivity index (χ1v) is 5.89. The molecule has 0 spiro atoms. The first-order chi connectivity index (χ1) is 8.81. The second-order valence-corrected chi connectivity index (χ2v) is 5.04. The fourth-order valence-corrected chi connectivity index (χ4v) is 1.85. The van der Waals surface area contributed by atoms with E-state index in [2.05, 4.69) is 0 Å². The van der Waals surface area contributed by atoms with Crippen LogP contribution >= 0.6 is 0 Å². The number of hydrogen-bond acceptors (Lipinski definition) is 3. The smallest absolute Gasteiger partial charge is 0.309 e. The van der Waals surface area contributed by atoms with Crippen molar-refractivity contribution in [3.8, 4) is 5.75 Å². The molecule has 1 rings (SSSR count). The summed E-state index contributed by atoms with van der Waals surface area (Å²) < 4.78 is 23.6. The van der Waals surface area contributed by atoms with Crippen molar-refractivity contribution in [1.82, 2.24) is 0 Å². The lowest BCUT2D eigenvalue weighted by Crippen LogP contribution is -2.27. The van der Waals surface area contributed by atoms with Crippen molar-refractivity contribution in [2.75, 3.05) is 14.2 Å². The van der Waals surface area contributed by atoms with Gasteiger partial charge in [-0.25, -0.2) is 4.39 Å². The normalized spacial score (nSPS) is 11.4. The molecule has 5 heteroatoms. The van der Waals surface area contributed by atoms with Crippen LogP contribution in [-0.2, 0) is 22.6 Å². The van der Waals surface area contributed by atoms with Gasteiger partial charge in [0, 0.05) is 18.7 Å². The molecule has 0 radical (unpaired) electrons. The average Bonchev–Trinajstić information content (AvgIpc) is 2.32. The standard InChI is InChI=1S/C14H19FO4/c1-14(2,13(16)17)7-11-9(8-18-3)5-10(15)6-12(11)19-4/h5-6H,7-8H2,1-4H3,(H,16,17). The van der Waals surface area contributed by atoms with Crippen molar-refractivity contribution in [2.24, 2.45) is 5.41 Å². The molecule has 0 saturated carbocycles. The minimum absolute atomic E-state index is 0.207. The molecule has 0 bridgehead atoms. The van der Waals surface area contributed by atoms with Gasteiger partial charge in [-0.1, -0.05) is 0 Å². The second-order valence-electron chi connectivity index (χ2n) is 5.04. The van der Waals surface area contributed by atoms with Crippen LogP contribution in [0, 0.1) is 11.2 Å². The van der Waals surface area contributed by atoms with Gasteiger partial charge < -0.3 is 14.6 Å². The van der Waals surface area contributed by atoms with Gasteiger partial charge in [-0.15, -0.1) is 0 Å². The van der Waals surface area contributed by atoms with Gasteiger partial charge in [-0.3, -0.25) is 4.79 Å². The van der Waals surface area contributed by atoms with Crippen LogP contribution in [0.3, 0.4) is 0 Å². The van der Waals surface area contributed by atoms with Crippen LogP contribution in [0.25, 0.3) is 0 Å². The Balaban J connectivity index is 3.26. The number of carbonyl (C=O) groups is 1. The summed E-state index contributed by atoms with van der Waals surface area (Å²) in [6, 6.07) is 2.60. The predicted molar refractivity (Wildman–Crippen MR) is 68.8 cm³/mol. The highest BCUT2D eigenvalue weighted by atomic mass is 19.1. The van der Waals surface area contributed by atoms with Crippen molar-refractivity contribution in [3.05, 3.63) is 29.1 Å². The summed E-state index contributed by atoms with van der Waals surface area (Å²) >= 11 is 0. The Labute approximate surface area is 112 Å². The predicted octanol–water partition coefficient (Wildman–Crippen LogP) is 2.63. The lowest BCUT2D eigenvalue weighted by molar-refractivity contribution is -0.146. The largest absolute Gasteiger partial charge is 0.496 e. The molecular weight excluding hydrogens is 251 g/mol. The van der Waals surface area contributed by atoms with Gasteiger partial charge in [0.05, 0.1) is 19.1 Å². The Morgan fingerprint density at radius 2 is 2.00 bits per heavy atom. The zero-order chi connectivity index (χ0) is 14.6. The Hall–Kier alpha value is -1.62. The maximum absolute atomic E-state index is 13.5. The summed E-state index contributed by atoms with van der Waals surface area (Å²) in [5.74, 6) is -0.996. The van der Waals surface area contributed by atoms with Crippen LogP contribution in [-0.4, -0.2) is 25.3 Å². The number of methoxy groups -OCH3 is 2. The third-order valence-corrected chi connectivity index (χ3v) is 2.98. The molecule has 0 aromatic heterocycles. The van der Waals surface area contributed by atoms with Crippen LogP contribution in [0.2, 0.25) is 0 Å². The summed E-state index contributed by atoms with van der Waals surface area (Å²) in [4.78, 5) is 11.2. The third kappa shape index (κ3) is 3.67. The molecule has 19 heavy (non-hydrogen) atoms. The molecule has 0 saturated heterocycles. The first-order valence-electron chi connectivity index (χ1n) is 5.89. The number of benzene rings is 1. The van der Waals surface area contributed by atoms with Crippen molar-refractivity contribution in [1.29, 1.82) is 0 Å². The van der Waals surface area contributed by atoms with Crippen molar-refractivity contribution in [3.63, 3.8) is 0 Å². The van der Waals surface area contributed by atoms with Crippen molar-refractivity contribution in [2.45, 2.75) is 26.9 Å². The molecular formula is C14H19FO4. The van der Waals surface area contributed by atoms with Gasteiger partial charge in [0.2, 0.25) is 0 Å². The molecule has 0 unspecified atom stereocenters. The number of hydrogen-bond donors (Lipinski definition) is 1. The number of aliphatic carboxylic acids is 1. The monoisotopic (exact) mass is 270 g/mol. The first kappa shape index (κ1) is 15.4. The lowest BCUT2D eigenvalue weighted by atomic mass is 9.84. The molecule has 1 aromatic rings. The van der Waals surface area contributed by atoms with Gasteiger partial charge >= 0.3 is 5.97 Å². The molecule has 4 nitrogen and oxygen atoms in total. The highest BCUT2D eigenvalue weighted by molar-refractivity contribution is 5.74. The van der Waals surface area contributed by atoms with Gasteiger partial charge in [0.1, 0.15) is 11.6 Å². The molecule has 106 valence electrons.